The summed E-state index contributed by atoms with van der Waals surface area (Å²) in [5.74, 6) is 0.652. The van der Waals surface area contributed by atoms with Crippen molar-refractivity contribution >= 4 is 16.8 Å². The highest BCUT2D eigenvalue weighted by molar-refractivity contribution is 5.88. The number of aryl methyl sites for hydroxylation is 1. The predicted molar refractivity (Wildman–Crippen MR) is 106 cm³/mol. The molecule has 2 fully saturated rings. The first-order chi connectivity index (χ1) is 14.7. The summed E-state index contributed by atoms with van der Waals surface area (Å²) in [6.07, 6.45) is -2.31. The van der Waals surface area contributed by atoms with Gasteiger partial charge in [0.05, 0.1) is 17.2 Å². The Kier molecular flexibility index (Phi) is 4.47. The van der Waals surface area contributed by atoms with E-state index in [4.69, 9.17) is 4.74 Å². The maximum absolute atomic E-state index is 12.8. The third kappa shape index (κ3) is 3.74. The second-order valence-electron chi connectivity index (χ2n) is 8.22. The summed E-state index contributed by atoms with van der Waals surface area (Å²) in [5, 5.41) is 14.8. The Balaban J connectivity index is 1.41. The molecule has 1 amide bonds. The largest absolute Gasteiger partial charge is 0.457 e. The lowest BCUT2D eigenvalue weighted by Gasteiger charge is -2.36. The van der Waals surface area contributed by atoms with Crippen LogP contribution in [0.25, 0.3) is 10.9 Å². The Labute approximate surface area is 175 Å². The summed E-state index contributed by atoms with van der Waals surface area (Å²) in [7, 11) is 1.80. The number of nitrogens with zero attached hydrogens (tertiary/aromatic N) is 3. The molecule has 1 saturated heterocycles. The zero-order valence-electron chi connectivity index (χ0n) is 16.6. The SMILES string of the molecule is Cn1cc2cc(Oc3ccc(C(F)(F)F)cc3)cc([C@@H]3C[C@H]3C(=O)N3CC(O)C3)c2n1. The average Bonchev–Trinajstić information content (AvgIpc) is 3.38. The van der Waals surface area contributed by atoms with Crippen LogP contribution in [-0.4, -0.2) is 44.9 Å². The number of rotatable bonds is 4. The van der Waals surface area contributed by atoms with E-state index in [1.165, 1.54) is 12.1 Å². The first kappa shape index (κ1) is 19.9. The zero-order valence-corrected chi connectivity index (χ0v) is 16.6. The van der Waals surface area contributed by atoms with Gasteiger partial charge in [-0.2, -0.15) is 18.3 Å². The van der Waals surface area contributed by atoms with Gasteiger partial charge in [0.25, 0.3) is 0 Å². The Hall–Kier alpha value is -3.07. The molecule has 1 N–H and O–H groups in total. The van der Waals surface area contributed by atoms with E-state index in [0.29, 0.717) is 31.0 Å². The number of hydrogen-bond donors (Lipinski definition) is 1. The van der Waals surface area contributed by atoms with Crippen molar-refractivity contribution in [1.82, 2.24) is 14.7 Å². The lowest BCUT2D eigenvalue weighted by molar-refractivity contribution is -0.142. The molecule has 1 aromatic heterocycles. The van der Waals surface area contributed by atoms with E-state index in [1.54, 1.807) is 22.7 Å². The minimum Gasteiger partial charge on any atom is -0.457 e. The molecule has 0 radical (unpaired) electrons. The molecular weight excluding hydrogens is 411 g/mol. The second kappa shape index (κ2) is 6.98. The third-order valence-electron chi connectivity index (χ3n) is 5.82. The summed E-state index contributed by atoms with van der Waals surface area (Å²) in [6, 6.07) is 8.14. The molecule has 2 atom stereocenters. The number of aliphatic hydroxyl groups excluding tert-OH is 1. The van der Waals surface area contributed by atoms with E-state index in [1.807, 2.05) is 12.3 Å². The number of alkyl halides is 3. The van der Waals surface area contributed by atoms with Crippen molar-refractivity contribution in [2.24, 2.45) is 13.0 Å². The monoisotopic (exact) mass is 431 g/mol. The van der Waals surface area contributed by atoms with E-state index < -0.39 is 17.8 Å². The first-order valence-electron chi connectivity index (χ1n) is 9.98. The smallest absolute Gasteiger partial charge is 0.416 e. The molecule has 1 aliphatic heterocycles. The summed E-state index contributed by atoms with van der Waals surface area (Å²) in [5.41, 5.74) is 0.935. The minimum atomic E-state index is -4.40. The predicted octanol–water partition coefficient (Wildman–Crippen LogP) is 3.69. The van der Waals surface area contributed by atoms with Crippen LogP contribution in [-0.2, 0) is 18.0 Å². The lowest BCUT2D eigenvalue weighted by Crippen LogP contribution is -2.54. The van der Waals surface area contributed by atoms with Gasteiger partial charge in [-0.05, 0) is 54.3 Å². The average molecular weight is 431 g/mol. The third-order valence-corrected chi connectivity index (χ3v) is 5.82. The quantitative estimate of drug-likeness (QED) is 0.684. The van der Waals surface area contributed by atoms with Gasteiger partial charge in [0.15, 0.2) is 0 Å². The van der Waals surface area contributed by atoms with Crippen LogP contribution in [0.4, 0.5) is 13.2 Å². The van der Waals surface area contributed by atoms with Gasteiger partial charge in [0.2, 0.25) is 5.91 Å². The van der Waals surface area contributed by atoms with E-state index in [2.05, 4.69) is 5.10 Å². The van der Waals surface area contributed by atoms with Crippen LogP contribution in [0.5, 0.6) is 11.5 Å². The van der Waals surface area contributed by atoms with E-state index >= 15 is 0 Å². The molecule has 0 bridgehead atoms. The number of aromatic nitrogens is 2. The maximum atomic E-state index is 12.8. The first-order valence-corrected chi connectivity index (χ1v) is 9.98. The molecule has 1 aliphatic carbocycles. The Morgan fingerprint density at radius 1 is 1.16 bits per heavy atom. The molecular formula is C22H20F3N3O3. The number of β-amino-alcohol motifs (C(OH)–C–C–N with tert-alkyl or cyclic N) is 1. The van der Waals surface area contributed by atoms with Crippen LogP contribution >= 0.6 is 0 Å². The van der Waals surface area contributed by atoms with Crippen LogP contribution in [0.1, 0.15) is 23.5 Å². The van der Waals surface area contributed by atoms with Gasteiger partial charge < -0.3 is 14.7 Å². The number of aliphatic hydroxyl groups is 1. The van der Waals surface area contributed by atoms with Crippen molar-refractivity contribution in [1.29, 1.82) is 0 Å². The van der Waals surface area contributed by atoms with E-state index in [-0.39, 0.29) is 17.7 Å². The second-order valence-corrected chi connectivity index (χ2v) is 8.22. The van der Waals surface area contributed by atoms with Gasteiger partial charge in [-0.25, -0.2) is 0 Å². The summed E-state index contributed by atoms with van der Waals surface area (Å²) < 4.78 is 45.9. The molecule has 0 spiro atoms. The number of hydrogen-bond acceptors (Lipinski definition) is 4. The van der Waals surface area contributed by atoms with Crippen molar-refractivity contribution in [3.63, 3.8) is 0 Å². The van der Waals surface area contributed by atoms with Gasteiger partial charge in [0.1, 0.15) is 11.5 Å². The number of ether oxygens (including phenoxy) is 1. The van der Waals surface area contributed by atoms with Crippen LogP contribution in [0.15, 0.2) is 42.6 Å². The Bertz CT molecular complexity index is 1150. The minimum absolute atomic E-state index is 0.00111. The number of carbonyl (C=O) groups excluding carboxylic acids is 1. The van der Waals surface area contributed by atoms with Crippen molar-refractivity contribution < 1.29 is 27.8 Å². The molecule has 6 nitrogen and oxygen atoms in total. The van der Waals surface area contributed by atoms with Gasteiger partial charge in [-0.15, -0.1) is 0 Å². The van der Waals surface area contributed by atoms with Crippen molar-refractivity contribution in [2.45, 2.75) is 24.6 Å². The van der Waals surface area contributed by atoms with Crippen molar-refractivity contribution in [2.75, 3.05) is 13.1 Å². The van der Waals surface area contributed by atoms with Gasteiger partial charge in [0, 0.05) is 37.6 Å². The normalized spacial score (nSPS) is 21.3. The number of likely N-dealkylation sites (tertiary alicyclic amines) is 1. The zero-order chi connectivity index (χ0) is 21.9. The molecule has 5 rings (SSSR count). The molecule has 2 aromatic carbocycles. The van der Waals surface area contributed by atoms with Crippen LogP contribution in [0.3, 0.4) is 0 Å². The molecule has 162 valence electrons. The highest BCUT2D eigenvalue weighted by Crippen LogP contribution is 2.51. The molecule has 1 saturated carbocycles. The lowest BCUT2D eigenvalue weighted by atomic mass is 10.0. The van der Waals surface area contributed by atoms with E-state index in [9.17, 15) is 23.1 Å². The van der Waals surface area contributed by atoms with Gasteiger partial charge in [-0.1, -0.05) is 0 Å². The molecule has 9 heteroatoms. The summed E-state index contributed by atoms with van der Waals surface area (Å²) in [6.45, 7) is 0.746. The molecule has 2 heterocycles. The molecule has 2 aliphatic rings. The van der Waals surface area contributed by atoms with Crippen LogP contribution in [0.2, 0.25) is 0 Å². The van der Waals surface area contributed by atoms with Crippen molar-refractivity contribution in [3.8, 4) is 11.5 Å². The standard InChI is InChI=1S/C22H20F3N3O3/c1-27-9-12-6-16(31-15-4-2-13(3-5-15)22(23,24)25)7-18(20(12)26-27)17-8-19(17)21(30)28-10-14(29)11-28/h2-7,9,14,17,19,29H,8,10-11H2,1H3/t17-,19+/m0/s1. The number of benzene rings is 2. The van der Waals surface area contributed by atoms with Crippen molar-refractivity contribution in [3.05, 3.63) is 53.7 Å². The van der Waals surface area contributed by atoms with Gasteiger partial charge in [-0.3, -0.25) is 9.48 Å². The van der Waals surface area contributed by atoms with Crippen LogP contribution < -0.4 is 4.74 Å². The number of halogens is 3. The summed E-state index contributed by atoms with van der Waals surface area (Å²) in [4.78, 5) is 14.3. The fraction of sp³-hybridized carbons (Fsp3) is 0.364. The fourth-order valence-electron chi connectivity index (χ4n) is 4.12. The number of fused-ring (bicyclic) bond motifs is 1. The van der Waals surface area contributed by atoms with Gasteiger partial charge >= 0.3 is 6.18 Å². The highest BCUT2D eigenvalue weighted by atomic mass is 19.4. The Morgan fingerprint density at radius 2 is 1.87 bits per heavy atom. The summed E-state index contributed by atoms with van der Waals surface area (Å²) >= 11 is 0. The molecule has 0 unspecified atom stereocenters. The Morgan fingerprint density at radius 3 is 2.52 bits per heavy atom. The highest BCUT2D eigenvalue weighted by Gasteiger charge is 2.48. The topological polar surface area (TPSA) is 67.6 Å². The number of carbonyl (C=O) groups is 1. The van der Waals surface area contributed by atoms with E-state index in [0.717, 1.165) is 28.6 Å². The maximum Gasteiger partial charge on any atom is 0.416 e. The molecule has 31 heavy (non-hydrogen) atoms. The fourth-order valence-corrected chi connectivity index (χ4v) is 4.12. The van der Waals surface area contributed by atoms with Crippen LogP contribution in [0, 0.1) is 5.92 Å². The number of amides is 1. The molecule has 3 aromatic rings.